The number of piperazine rings is 1. The monoisotopic (exact) mass is 463 g/mol. The number of carbonyl (C=O) groups excluding carboxylic acids is 1. The molecule has 3 aliphatic rings. The number of hydrogen-bond donors (Lipinski definition) is 2. The Hall–Kier alpha value is -0.390. The summed E-state index contributed by atoms with van der Waals surface area (Å²) in [6, 6.07) is 0.488. The molecule has 0 aromatic rings. The summed E-state index contributed by atoms with van der Waals surface area (Å²) >= 11 is 1.65. The highest BCUT2D eigenvalue weighted by atomic mass is 32.2. The summed E-state index contributed by atoms with van der Waals surface area (Å²) in [4.78, 5) is 14.8. The van der Waals surface area contributed by atoms with Crippen LogP contribution in [0.4, 0.5) is 0 Å². The first-order valence-corrected chi connectivity index (χ1v) is 13.9. The number of unbranched alkanes of at least 4 members (excludes halogenated alkanes) is 1. The van der Waals surface area contributed by atoms with Crippen molar-refractivity contribution in [1.29, 1.82) is 0 Å². The topological polar surface area (TPSA) is 99.2 Å². The van der Waals surface area contributed by atoms with Gasteiger partial charge in [0.1, 0.15) is 0 Å². The highest BCUT2D eigenvalue weighted by molar-refractivity contribution is 7.99. The van der Waals surface area contributed by atoms with E-state index in [1.165, 1.54) is 4.31 Å². The lowest BCUT2D eigenvalue weighted by molar-refractivity contribution is -0.132. The molecular formula is C20H37N3O5S2. The fourth-order valence-electron chi connectivity index (χ4n) is 4.93. The van der Waals surface area contributed by atoms with Gasteiger partial charge in [0.25, 0.3) is 5.91 Å². The Labute approximate surface area is 185 Å². The van der Waals surface area contributed by atoms with Gasteiger partial charge in [-0.05, 0) is 56.5 Å². The standard InChI is InChI=1S/C20H37N3O5S2/c1-2-3-14-28-18-6-4-17(5-7-18)22-10-12-23(13-11-22)30(26,27)20(19(24)21-25)8-15-29-16-9-20/h17-18,25H,2-16H2,1H3,(H,21,24). The minimum absolute atomic E-state index is 0.245. The van der Waals surface area contributed by atoms with E-state index in [4.69, 9.17) is 4.74 Å². The lowest BCUT2D eigenvalue weighted by Gasteiger charge is -2.44. The number of thioether (sulfide) groups is 1. The van der Waals surface area contributed by atoms with Gasteiger partial charge in [0, 0.05) is 38.8 Å². The predicted molar refractivity (Wildman–Crippen MR) is 118 cm³/mol. The first-order valence-electron chi connectivity index (χ1n) is 11.3. The highest BCUT2D eigenvalue weighted by Crippen LogP contribution is 2.37. The molecule has 2 saturated heterocycles. The van der Waals surface area contributed by atoms with Crippen molar-refractivity contribution in [3.05, 3.63) is 0 Å². The molecule has 1 amide bonds. The van der Waals surface area contributed by atoms with Crippen LogP contribution in [-0.2, 0) is 19.6 Å². The molecule has 0 unspecified atom stereocenters. The summed E-state index contributed by atoms with van der Waals surface area (Å²) in [5.41, 5.74) is 1.63. The molecule has 2 heterocycles. The number of amides is 1. The van der Waals surface area contributed by atoms with E-state index >= 15 is 0 Å². The van der Waals surface area contributed by atoms with E-state index in [2.05, 4.69) is 11.8 Å². The van der Waals surface area contributed by atoms with E-state index < -0.39 is 20.7 Å². The van der Waals surface area contributed by atoms with Crippen LogP contribution in [0.1, 0.15) is 58.3 Å². The van der Waals surface area contributed by atoms with E-state index in [1.807, 2.05) is 0 Å². The van der Waals surface area contributed by atoms with Gasteiger partial charge in [-0.1, -0.05) is 13.3 Å². The van der Waals surface area contributed by atoms with Gasteiger partial charge in [-0.25, -0.2) is 13.9 Å². The van der Waals surface area contributed by atoms with Gasteiger partial charge in [0.05, 0.1) is 6.10 Å². The second-order valence-corrected chi connectivity index (χ2v) is 12.1. The van der Waals surface area contributed by atoms with Crippen molar-refractivity contribution in [2.45, 2.75) is 75.2 Å². The molecule has 0 aromatic heterocycles. The van der Waals surface area contributed by atoms with Crippen molar-refractivity contribution >= 4 is 27.7 Å². The lowest BCUT2D eigenvalue weighted by atomic mass is 9.91. The van der Waals surface area contributed by atoms with Crippen LogP contribution >= 0.6 is 11.8 Å². The molecule has 30 heavy (non-hydrogen) atoms. The fourth-order valence-corrected chi connectivity index (χ4v) is 8.52. The molecule has 0 atom stereocenters. The molecule has 0 radical (unpaired) electrons. The zero-order valence-corrected chi connectivity index (χ0v) is 19.7. The van der Waals surface area contributed by atoms with Crippen LogP contribution in [-0.4, -0.2) is 89.9 Å². The Morgan fingerprint density at radius 2 is 1.77 bits per heavy atom. The quantitative estimate of drug-likeness (QED) is 0.322. The third-order valence-corrected chi connectivity index (χ3v) is 10.5. The van der Waals surface area contributed by atoms with Crippen LogP contribution in [0, 0.1) is 0 Å². The number of sulfonamides is 1. The summed E-state index contributed by atoms with van der Waals surface area (Å²) in [5.74, 6) is 0.429. The van der Waals surface area contributed by atoms with Crippen molar-refractivity contribution < 1.29 is 23.2 Å². The molecule has 1 aliphatic carbocycles. The Kier molecular flexibility index (Phi) is 8.86. The van der Waals surface area contributed by atoms with Crippen LogP contribution in [0.5, 0.6) is 0 Å². The Morgan fingerprint density at radius 1 is 1.13 bits per heavy atom. The Morgan fingerprint density at radius 3 is 2.33 bits per heavy atom. The molecule has 3 fully saturated rings. The Bertz CT molecular complexity index is 653. The van der Waals surface area contributed by atoms with Gasteiger partial charge in [-0.3, -0.25) is 14.9 Å². The number of carbonyl (C=O) groups is 1. The number of nitrogens with zero attached hydrogens (tertiary/aromatic N) is 2. The van der Waals surface area contributed by atoms with Crippen molar-refractivity contribution in [2.24, 2.45) is 0 Å². The predicted octanol–water partition coefficient (Wildman–Crippen LogP) is 1.83. The molecule has 2 aliphatic heterocycles. The van der Waals surface area contributed by atoms with E-state index in [0.29, 0.717) is 49.8 Å². The highest BCUT2D eigenvalue weighted by Gasteiger charge is 2.54. The Balaban J connectivity index is 1.54. The molecule has 0 spiro atoms. The summed E-state index contributed by atoms with van der Waals surface area (Å²) < 4.78 is 32.8. The van der Waals surface area contributed by atoms with E-state index in [-0.39, 0.29) is 12.8 Å². The molecule has 174 valence electrons. The van der Waals surface area contributed by atoms with E-state index in [0.717, 1.165) is 45.1 Å². The van der Waals surface area contributed by atoms with Gasteiger partial charge >= 0.3 is 0 Å². The minimum Gasteiger partial charge on any atom is -0.378 e. The number of hydroxylamine groups is 1. The maximum atomic E-state index is 13.4. The molecule has 10 heteroatoms. The average Bonchev–Trinajstić information content (AvgIpc) is 2.79. The second-order valence-electron chi connectivity index (χ2n) is 8.64. The fraction of sp³-hybridized carbons (Fsp3) is 0.950. The first-order chi connectivity index (χ1) is 14.4. The van der Waals surface area contributed by atoms with Gasteiger partial charge in [-0.15, -0.1) is 0 Å². The maximum Gasteiger partial charge on any atom is 0.266 e. The van der Waals surface area contributed by atoms with Crippen LogP contribution in [0.15, 0.2) is 0 Å². The van der Waals surface area contributed by atoms with Crippen molar-refractivity contribution in [1.82, 2.24) is 14.7 Å². The van der Waals surface area contributed by atoms with Gasteiger partial charge in [0.15, 0.2) is 4.75 Å². The molecule has 3 rings (SSSR count). The molecule has 8 nitrogen and oxygen atoms in total. The van der Waals surface area contributed by atoms with Gasteiger partial charge in [0.2, 0.25) is 10.0 Å². The van der Waals surface area contributed by atoms with Gasteiger partial charge < -0.3 is 4.74 Å². The average molecular weight is 464 g/mol. The number of ether oxygens (including phenoxy) is 1. The van der Waals surface area contributed by atoms with Crippen molar-refractivity contribution in [3.63, 3.8) is 0 Å². The third kappa shape index (κ3) is 5.15. The number of rotatable bonds is 8. The first kappa shape index (κ1) is 24.3. The van der Waals surface area contributed by atoms with Crippen LogP contribution in [0.2, 0.25) is 0 Å². The smallest absolute Gasteiger partial charge is 0.266 e. The zero-order valence-electron chi connectivity index (χ0n) is 18.1. The van der Waals surface area contributed by atoms with Crippen molar-refractivity contribution in [3.8, 4) is 0 Å². The molecule has 0 bridgehead atoms. The van der Waals surface area contributed by atoms with Crippen LogP contribution < -0.4 is 5.48 Å². The summed E-state index contributed by atoms with van der Waals surface area (Å²) in [7, 11) is -3.83. The normalized spacial score (nSPS) is 28.9. The maximum absolute atomic E-state index is 13.4. The molecule has 1 saturated carbocycles. The van der Waals surface area contributed by atoms with E-state index in [9.17, 15) is 18.4 Å². The lowest BCUT2D eigenvalue weighted by Crippen LogP contribution is -2.62. The van der Waals surface area contributed by atoms with Gasteiger partial charge in [-0.2, -0.15) is 16.1 Å². The van der Waals surface area contributed by atoms with Crippen LogP contribution in [0.3, 0.4) is 0 Å². The molecular weight excluding hydrogens is 426 g/mol. The number of hydrogen-bond acceptors (Lipinski definition) is 7. The minimum atomic E-state index is -3.83. The zero-order chi connectivity index (χ0) is 21.6. The third-order valence-electron chi connectivity index (χ3n) is 6.93. The molecule has 0 aromatic carbocycles. The van der Waals surface area contributed by atoms with Crippen molar-refractivity contribution in [2.75, 3.05) is 44.3 Å². The summed E-state index contributed by atoms with van der Waals surface area (Å²) in [6.45, 7) is 5.22. The largest absolute Gasteiger partial charge is 0.378 e. The second kappa shape index (κ2) is 11.0. The summed E-state index contributed by atoms with van der Waals surface area (Å²) in [6.07, 6.45) is 7.47. The number of nitrogens with one attached hydrogen (secondary N) is 1. The van der Waals surface area contributed by atoms with Crippen LogP contribution in [0.25, 0.3) is 0 Å². The summed E-state index contributed by atoms with van der Waals surface area (Å²) in [5, 5.41) is 9.21. The molecule has 2 N–H and O–H groups in total. The van der Waals surface area contributed by atoms with E-state index in [1.54, 1.807) is 17.2 Å². The SMILES string of the molecule is CCCCOC1CCC(N2CCN(S(=O)(=O)C3(C(=O)NO)CCSCC3)CC2)CC1.